The number of rotatable bonds is 5. The average molecular weight is 299 g/mol. The van der Waals surface area contributed by atoms with Crippen molar-refractivity contribution >= 4 is 17.9 Å². The molecule has 2 N–H and O–H groups in total. The lowest BCUT2D eigenvalue weighted by atomic mass is 9.89. The molecule has 0 bridgehead atoms. The number of urea groups is 1. The average Bonchev–Trinajstić information content (AvgIpc) is 2.50. The molecule has 2 atom stereocenters. The number of carboxylic acids is 1. The molecular formula is C14H25N3O4. The number of likely N-dealkylation sites (N-methyl/N-ethyl adjacent to an activating group) is 1. The van der Waals surface area contributed by atoms with Gasteiger partial charge in [0.2, 0.25) is 5.91 Å². The van der Waals surface area contributed by atoms with Gasteiger partial charge in [0.05, 0.1) is 6.54 Å². The highest BCUT2D eigenvalue weighted by Crippen LogP contribution is 2.25. The van der Waals surface area contributed by atoms with Gasteiger partial charge in [0.1, 0.15) is 6.04 Å². The minimum absolute atomic E-state index is 0.108. The molecule has 1 rings (SSSR count). The van der Waals surface area contributed by atoms with Crippen LogP contribution in [-0.2, 0) is 9.59 Å². The predicted octanol–water partition coefficient (Wildman–Crippen LogP) is 0.750. The summed E-state index contributed by atoms with van der Waals surface area (Å²) < 4.78 is 0. The van der Waals surface area contributed by atoms with Crippen LogP contribution in [0.25, 0.3) is 0 Å². The van der Waals surface area contributed by atoms with Crippen LogP contribution in [0.1, 0.15) is 33.1 Å². The van der Waals surface area contributed by atoms with E-state index in [1.165, 1.54) is 9.80 Å². The topological polar surface area (TPSA) is 90.0 Å². The van der Waals surface area contributed by atoms with E-state index in [1.807, 2.05) is 13.8 Å². The zero-order valence-corrected chi connectivity index (χ0v) is 13.0. The Morgan fingerprint density at radius 2 is 2.00 bits per heavy atom. The fraction of sp³-hybridized carbons (Fsp3) is 0.786. The molecule has 1 fully saturated rings. The number of aliphatic carboxylic acids is 1. The van der Waals surface area contributed by atoms with Gasteiger partial charge in [0.25, 0.3) is 0 Å². The van der Waals surface area contributed by atoms with Crippen LogP contribution >= 0.6 is 0 Å². The fourth-order valence-corrected chi connectivity index (χ4v) is 2.45. The summed E-state index contributed by atoms with van der Waals surface area (Å²) in [6.45, 7) is 4.74. The van der Waals surface area contributed by atoms with Crippen molar-refractivity contribution in [2.75, 3.05) is 26.7 Å². The number of amides is 3. The largest absolute Gasteiger partial charge is 0.480 e. The zero-order valence-electron chi connectivity index (χ0n) is 13.0. The highest BCUT2D eigenvalue weighted by atomic mass is 16.4. The van der Waals surface area contributed by atoms with Gasteiger partial charge < -0.3 is 20.2 Å². The molecule has 0 aliphatic carbocycles. The number of hydrogen-bond donors (Lipinski definition) is 2. The summed E-state index contributed by atoms with van der Waals surface area (Å²) in [6.07, 6.45) is 2.19. The molecule has 1 heterocycles. The van der Waals surface area contributed by atoms with Crippen molar-refractivity contribution < 1.29 is 19.5 Å². The molecular weight excluding hydrogens is 274 g/mol. The third-order valence-electron chi connectivity index (χ3n) is 4.13. The number of nitrogens with one attached hydrogen (secondary N) is 1. The number of hydrogen-bond acceptors (Lipinski definition) is 3. The maximum Gasteiger partial charge on any atom is 0.326 e. The molecule has 0 spiro atoms. The van der Waals surface area contributed by atoms with Gasteiger partial charge in [-0.25, -0.2) is 9.59 Å². The maximum atomic E-state index is 12.1. The third-order valence-corrected chi connectivity index (χ3v) is 4.13. The van der Waals surface area contributed by atoms with E-state index in [9.17, 15) is 19.5 Å². The van der Waals surface area contributed by atoms with Gasteiger partial charge in [0, 0.05) is 20.1 Å². The van der Waals surface area contributed by atoms with E-state index in [2.05, 4.69) is 5.32 Å². The predicted molar refractivity (Wildman–Crippen MR) is 77.9 cm³/mol. The molecule has 21 heavy (non-hydrogen) atoms. The first-order chi connectivity index (χ1) is 9.90. The minimum Gasteiger partial charge on any atom is -0.480 e. The monoisotopic (exact) mass is 299 g/mol. The molecule has 7 heteroatoms. The quantitative estimate of drug-likeness (QED) is 0.784. The highest BCUT2D eigenvalue weighted by Gasteiger charge is 2.35. The van der Waals surface area contributed by atoms with E-state index in [0.717, 1.165) is 12.8 Å². The molecule has 2 unspecified atom stereocenters. The Morgan fingerprint density at radius 3 is 2.52 bits per heavy atom. The Morgan fingerprint density at radius 1 is 1.33 bits per heavy atom. The summed E-state index contributed by atoms with van der Waals surface area (Å²) in [5.74, 6) is -0.843. The second-order valence-electron chi connectivity index (χ2n) is 5.41. The number of piperidine rings is 1. The lowest BCUT2D eigenvalue weighted by Crippen LogP contribution is -2.54. The Balaban J connectivity index is 2.59. The number of likely N-dealkylation sites (tertiary alicyclic amines) is 1. The van der Waals surface area contributed by atoms with Gasteiger partial charge in [-0.3, -0.25) is 4.79 Å². The molecule has 0 aromatic rings. The van der Waals surface area contributed by atoms with Gasteiger partial charge in [-0.2, -0.15) is 0 Å². The Bertz CT molecular complexity index is 400. The Labute approximate surface area is 125 Å². The third kappa shape index (κ3) is 4.61. The Hall–Kier alpha value is -1.79. The molecule has 0 aromatic heterocycles. The van der Waals surface area contributed by atoms with Crippen LogP contribution < -0.4 is 5.32 Å². The summed E-state index contributed by atoms with van der Waals surface area (Å²) in [6, 6.07) is -1.28. The van der Waals surface area contributed by atoms with E-state index in [4.69, 9.17) is 0 Å². The van der Waals surface area contributed by atoms with E-state index in [0.29, 0.717) is 25.4 Å². The SMILES string of the molecule is CCC1CCN(C(=O)NCC(=O)N(C)CC)C(C(=O)O)C1. The first-order valence-electron chi connectivity index (χ1n) is 7.41. The molecule has 1 aliphatic heterocycles. The number of carbonyl (C=O) groups is 3. The molecule has 3 amide bonds. The highest BCUT2D eigenvalue weighted by molar-refractivity contribution is 5.86. The first kappa shape index (κ1) is 17.3. The zero-order chi connectivity index (χ0) is 16.0. The van der Waals surface area contributed by atoms with Gasteiger partial charge >= 0.3 is 12.0 Å². The van der Waals surface area contributed by atoms with Gasteiger partial charge in [-0.05, 0) is 25.7 Å². The Kier molecular flexibility index (Phi) is 6.45. The molecule has 0 radical (unpaired) electrons. The van der Waals surface area contributed by atoms with Crippen LogP contribution in [0.4, 0.5) is 4.79 Å². The lowest BCUT2D eigenvalue weighted by Gasteiger charge is -2.36. The summed E-state index contributed by atoms with van der Waals surface area (Å²) in [4.78, 5) is 37.9. The van der Waals surface area contributed by atoms with E-state index >= 15 is 0 Å². The smallest absolute Gasteiger partial charge is 0.326 e. The van der Waals surface area contributed by atoms with Crippen LogP contribution in [0.3, 0.4) is 0 Å². The summed E-state index contributed by atoms with van der Waals surface area (Å²) in [5.41, 5.74) is 0. The molecule has 120 valence electrons. The van der Waals surface area contributed by atoms with Crippen molar-refractivity contribution in [2.45, 2.75) is 39.2 Å². The fourth-order valence-electron chi connectivity index (χ4n) is 2.45. The molecule has 0 aromatic carbocycles. The van der Waals surface area contributed by atoms with Crippen molar-refractivity contribution in [1.82, 2.24) is 15.1 Å². The number of carbonyl (C=O) groups excluding carboxylic acids is 2. The van der Waals surface area contributed by atoms with Crippen LogP contribution in [0.5, 0.6) is 0 Å². The first-order valence-corrected chi connectivity index (χ1v) is 7.41. The van der Waals surface area contributed by atoms with Gasteiger partial charge in [-0.15, -0.1) is 0 Å². The van der Waals surface area contributed by atoms with Gasteiger partial charge in [-0.1, -0.05) is 13.3 Å². The van der Waals surface area contributed by atoms with Crippen LogP contribution in [-0.4, -0.2) is 65.5 Å². The number of nitrogens with zero attached hydrogens (tertiary/aromatic N) is 2. The summed E-state index contributed by atoms with van der Waals surface area (Å²) in [5, 5.41) is 11.8. The van der Waals surface area contributed by atoms with Crippen LogP contribution in [0.2, 0.25) is 0 Å². The van der Waals surface area contributed by atoms with E-state index < -0.39 is 18.0 Å². The molecule has 1 saturated heterocycles. The second-order valence-corrected chi connectivity index (χ2v) is 5.41. The summed E-state index contributed by atoms with van der Waals surface area (Å²) in [7, 11) is 1.65. The van der Waals surface area contributed by atoms with E-state index in [-0.39, 0.29) is 12.5 Å². The van der Waals surface area contributed by atoms with Crippen LogP contribution in [0.15, 0.2) is 0 Å². The standard InChI is InChI=1S/C14H25N3O4/c1-4-10-6-7-17(11(8-10)13(19)20)14(21)15-9-12(18)16(3)5-2/h10-11H,4-9H2,1-3H3,(H,15,21)(H,19,20). The number of carboxylic acid groups (broad SMARTS) is 1. The van der Waals surface area contributed by atoms with Crippen molar-refractivity contribution in [3.8, 4) is 0 Å². The van der Waals surface area contributed by atoms with Crippen molar-refractivity contribution in [2.24, 2.45) is 5.92 Å². The second kappa shape index (κ2) is 7.85. The van der Waals surface area contributed by atoms with Crippen molar-refractivity contribution in [3.05, 3.63) is 0 Å². The normalized spacial score (nSPS) is 21.8. The van der Waals surface area contributed by atoms with E-state index in [1.54, 1.807) is 7.05 Å². The molecule has 1 aliphatic rings. The van der Waals surface area contributed by atoms with Crippen molar-refractivity contribution in [1.29, 1.82) is 0 Å². The molecule has 0 saturated carbocycles. The van der Waals surface area contributed by atoms with Gasteiger partial charge in [0.15, 0.2) is 0 Å². The van der Waals surface area contributed by atoms with Crippen LogP contribution in [0, 0.1) is 5.92 Å². The van der Waals surface area contributed by atoms with Crippen molar-refractivity contribution in [3.63, 3.8) is 0 Å². The maximum absolute atomic E-state index is 12.1. The lowest BCUT2D eigenvalue weighted by molar-refractivity contribution is -0.144. The summed E-state index contributed by atoms with van der Waals surface area (Å²) >= 11 is 0. The molecule has 7 nitrogen and oxygen atoms in total. The minimum atomic E-state index is -0.986.